The van der Waals surface area contributed by atoms with E-state index in [-0.39, 0.29) is 23.9 Å². The van der Waals surface area contributed by atoms with E-state index in [2.05, 4.69) is 32.7 Å². The van der Waals surface area contributed by atoms with E-state index < -0.39 is 0 Å². The fourth-order valence-corrected chi connectivity index (χ4v) is 3.99. The molecular formula is C26H29N7O3. The summed E-state index contributed by atoms with van der Waals surface area (Å²) in [6, 6.07) is 16.0. The van der Waals surface area contributed by atoms with Crippen LogP contribution in [0.5, 0.6) is 0 Å². The van der Waals surface area contributed by atoms with Crippen LogP contribution in [0, 0.1) is 0 Å². The number of likely N-dealkylation sites (N-methyl/N-ethyl adjacent to an activating group) is 1. The monoisotopic (exact) mass is 487 g/mol. The number of carbonyl (C=O) groups is 3. The van der Waals surface area contributed by atoms with Crippen molar-refractivity contribution in [3.05, 3.63) is 89.6 Å². The third-order valence-corrected chi connectivity index (χ3v) is 5.82. The molecule has 10 nitrogen and oxygen atoms in total. The molecule has 1 aliphatic rings. The summed E-state index contributed by atoms with van der Waals surface area (Å²) in [5.74, 6) is -0.282. The molecule has 0 saturated heterocycles. The number of nitrogens with one attached hydrogen (secondary N) is 4. The molecule has 4 rings (SSSR count). The number of amides is 4. The van der Waals surface area contributed by atoms with Crippen LogP contribution >= 0.6 is 0 Å². The second-order valence-corrected chi connectivity index (χ2v) is 8.79. The van der Waals surface area contributed by atoms with E-state index in [1.54, 1.807) is 29.2 Å². The van der Waals surface area contributed by atoms with Crippen LogP contribution in [0.25, 0.3) is 0 Å². The van der Waals surface area contributed by atoms with Gasteiger partial charge in [0.1, 0.15) is 0 Å². The molecule has 2 aromatic carbocycles. The second kappa shape index (κ2) is 10.9. The highest BCUT2D eigenvalue weighted by Gasteiger charge is 2.30. The fraction of sp³-hybridized carbons (Fsp3) is 0.231. The van der Waals surface area contributed by atoms with E-state index >= 15 is 0 Å². The molecule has 1 aromatic heterocycles. The Bertz CT molecular complexity index is 1250. The first kappa shape index (κ1) is 24.7. The van der Waals surface area contributed by atoms with Crippen molar-refractivity contribution in [2.24, 2.45) is 0 Å². The summed E-state index contributed by atoms with van der Waals surface area (Å²) >= 11 is 0. The van der Waals surface area contributed by atoms with E-state index in [0.717, 1.165) is 16.8 Å². The van der Waals surface area contributed by atoms with Gasteiger partial charge in [0.25, 0.3) is 5.91 Å². The minimum absolute atomic E-state index is 0.163. The van der Waals surface area contributed by atoms with Gasteiger partial charge in [0.2, 0.25) is 5.91 Å². The first-order valence-electron chi connectivity index (χ1n) is 11.5. The quantitative estimate of drug-likeness (QED) is 0.364. The van der Waals surface area contributed by atoms with Gasteiger partial charge in [0.05, 0.1) is 24.8 Å². The second-order valence-electron chi connectivity index (χ2n) is 8.79. The van der Waals surface area contributed by atoms with E-state index in [9.17, 15) is 14.4 Å². The minimum atomic E-state index is -0.344. The molecule has 2 heterocycles. The largest absolute Gasteiger partial charge is 0.330 e. The smallest absolute Gasteiger partial charge is 0.318 e. The van der Waals surface area contributed by atoms with Gasteiger partial charge in [0, 0.05) is 23.4 Å². The molecule has 10 heteroatoms. The Morgan fingerprint density at radius 1 is 1.08 bits per heavy atom. The number of hydrogen-bond donors (Lipinski definition) is 4. The molecule has 0 aliphatic carbocycles. The van der Waals surface area contributed by atoms with E-state index in [0.29, 0.717) is 36.7 Å². The van der Waals surface area contributed by atoms with Crippen LogP contribution in [0.15, 0.2) is 67.3 Å². The van der Waals surface area contributed by atoms with Gasteiger partial charge < -0.3 is 25.8 Å². The summed E-state index contributed by atoms with van der Waals surface area (Å²) in [5.41, 5.74) is 3.55. The number of rotatable bonds is 8. The Balaban J connectivity index is 1.39. The van der Waals surface area contributed by atoms with Crippen LogP contribution in [-0.4, -0.2) is 58.5 Å². The van der Waals surface area contributed by atoms with Crippen LogP contribution in [0.3, 0.4) is 0 Å². The van der Waals surface area contributed by atoms with Gasteiger partial charge >= 0.3 is 6.03 Å². The van der Waals surface area contributed by atoms with Crippen molar-refractivity contribution < 1.29 is 14.4 Å². The first-order valence-corrected chi connectivity index (χ1v) is 11.5. The molecule has 0 saturated carbocycles. The number of anilines is 2. The zero-order valence-electron chi connectivity index (χ0n) is 20.2. The number of benzene rings is 2. The van der Waals surface area contributed by atoms with Crippen molar-refractivity contribution in [3.63, 3.8) is 0 Å². The topological polar surface area (TPSA) is 122 Å². The zero-order valence-corrected chi connectivity index (χ0v) is 20.2. The SMILES string of the molecule is C=CC(=O)Nc1ccc(C(=O)Nc2n[nH]c3c2CN(C(=O)NC(CN(C)C)c2ccccc2)C3)cc1. The maximum atomic E-state index is 13.1. The highest BCUT2D eigenvalue weighted by Crippen LogP contribution is 2.28. The molecule has 186 valence electrons. The lowest BCUT2D eigenvalue weighted by Gasteiger charge is -2.26. The zero-order chi connectivity index (χ0) is 25.7. The lowest BCUT2D eigenvalue weighted by molar-refractivity contribution is -0.111. The Morgan fingerprint density at radius 2 is 1.81 bits per heavy atom. The summed E-state index contributed by atoms with van der Waals surface area (Å²) in [5, 5.41) is 15.7. The standard InChI is InChI=1S/C26H29N7O3/c1-4-23(34)27-19-12-10-18(11-13-19)25(35)29-24-20-14-33(16-22(20)30-31-24)26(36)28-21(15-32(2)3)17-8-6-5-7-9-17/h4-13,21H,1,14-16H2,2-3H3,(H,27,34)(H,28,36)(H2,29,30,31,35). The Hall–Kier alpha value is -4.44. The summed E-state index contributed by atoms with van der Waals surface area (Å²) in [4.78, 5) is 41.0. The van der Waals surface area contributed by atoms with Gasteiger partial charge in [-0.25, -0.2) is 4.79 Å². The van der Waals surface area contributed by atoms with Crippen molar-refractivity contribution in [3.8, 4) is 0 Å². The van der Waals surface area contributed by atoms with E-state index in [4.69, 9.17) is 0 Å². The van der Waals surface area contributed by atoms with Gasteiger partial charge in [-0.2, -0.15) is 5.10 Å². The molecule has 1 aliphatic heterocycles. The van der Waals surface area contributed by atoms with Crippen LogP contribution in [0.2, 0.25) is 0 Å². The van der Waals surface area contributed by atoms with Crippen molar-refractivity contribution in [2.45, 2.75) is 19.1 Å². The molecule has 0 radical (unpaired) electrons. The molecule has 4 N–H and O–H groups in total. The van der Waals surface area contributed by atoms with Gasteiger partial charge in [-0.3, -0.25) is 14.7 Å². The molecular weight excluding hydrogens is 458 g/mol. The van der Waals surface area contributed by atoms with Crippen LogP contribution in [0.1, 0.15) is 33.2 Å². The van der Waals surface area contributed by atoms with Crippen molar-refractivity contribution in [2.75, 3.05) is 31.3 Å². The Kier molecular flexibility index (Phi) is 7.45. The van der Waals surface area contributed by atoms with Gasteiger partial charge in [-0.1, -0.05) is 36.9 Å². The number of H-pyrrole nitrogens is 1. The predicted molar refractivity (Wildman–Crippen MR) is 137 cm³/mol. The maximum Gasteiger partial charge on any atom is 0.318 e. The van der Waals surface area contributed by atoms with Gasteiger partial charge in [0.15, 0.2) is 5.82 Å². The number of hydrogen-bond acceptors (Lipinski definition) is 5. The van der Waals surface area contributed by atoms with Crippen molar-refractivity contribution in [1.29, 1.82) is 0 Å². The Labute approximate surface area is 209 Å². The number of urea groups is 1. The van der Waals surface area contributed by atoms with Crippen LogP contribution in [-0.2, 0) is 17.9 Å². The highest BCUT2D eigenvalue weighted by atomic mass is 16.2. The number of aromatic amines is 1. The van der Waals surface area contributed by atoms with Gasteiger partial charge in [-0.15, -0.1) is 0 Å². The third-order valence-electron chi connectivity index (χ3n) is 5.82. The third kappa shape index (κ3) is 5.78. The summed E-state index contributed by atoms with van der Waals surface area (Å²) < 4.78 is 0. The van der Waals surface area contributed by atoms with Crippen molar-refractivity contribution in [1.82, 2.24) is 25.3 Å². The molecule has 0 bridgehead atoms. The van der Waals surface area contributed by atoms with Crippen LogP contribution in [0.4, 0.5) is 16.3 Å². The van der Waals surface area contributed by atoms with Crippen LogP contribution < -0.4 is 16.0 Å². The fourth-order valence-electron chi connectivity index (χ4n) is 3.99. The molecule has 1 unspecified atom stereocenters. The normalized spacial score (nSPS) is 13.1. The minimum Gasteiger partial charge on any atom is -0.330 e. The summed E-state index contributed by atoms with van der Waals surface area (Å²) in [6.07, 6.45) is 1.17. The maximum absolute atomic E-state index is 13.1. The lowest BCUT2D eigenvalue weighted by Crippen LogP contribution is -2.42. The van der Waals surface area contributed by atoms with Gasteiger partial charge in [-0.05, 0) is 50.0 Å². The van der Waals surface area contributed by atoms with E-state index in [1.165, 1.54) is 6.08 Å². The Morgan fingerprint density at radius 3 is 2.47 bits per heavy atom. The molecule has 0 fully saturated rings. The highest BCUT2D eigenvalue weighted by molar-refractivity contribution is 6.05. The average molecular weight is 488 g/mol. The summed E-state index contributed by atoms with van der Waals surface area (Å²) in [6.45, 7) is 4.76. The first-order chi connectivity index (χ1) is 17.3. The molecule has 4 amide bonds. The van der Waals surface area contributed by atoms with E-state index in [1.807, 2.05) is 49.3 Å². The number of aromatic nitrogens is 2. The average Bonchev–Trinajstić information content (AvgIpc) is 3.46. The lowest BCUT2D eigenvalue weighted by atomic mass is 10.1. The van der Waals surface area contributed by atoms with Crippen molar-refractivity contribution >= 4 is 29.4 Å². The molecule has 3 aromatic rings. The summed E-state index contributed by atoms with van der Waals surface area (Å²) in [7, 11) is 3.93. The molecule has 0 spiro atoms. The molecule has 36 heavy (non-hydrogen) atoms. The predicted octanol–water partition coefficient (Wildman–Crippen LogP) is 3.11. The number of nitrogens with zero attached hydrogens (tertiary/aromatic N) is 3. The number of fused-ring (bicyclic) bond motifs is 1. The molecule has 1 atom stereocenters. The number of carbonyl (C=O) groups excluding carboxylic acids is 3.